The van der Waals surface area contributed by atoms with Crippen LogP contribution in [0.4, 0.5) is 0 Å². The van der Waals surface area contributed by atoms with Gasteiger partial charge in [-0.25, -0.2) is 0 Å². The molecule has 0 spiro atoms. The predicted octanol–water partition coefficient (Wildman–Crippen LogP) is 2.01. The minimum Gasteiger partial charge on any atom is -0.394 e. The molecule has 0 amide bonds. The third-order valence-corrected chi connectivity index (χ3v) is 1.31. The van der Waals surface area contributed by atoms with Crippen molar-refractivity contribution in [1.82, 2.24) is 4.98 Å². The molecule has 0 unspecified atom stereocenters. The second-order valence-electron chi connectivity index (χ2n) is 2.38. The van der Waals surface area contributed by atoms with Crippen LogP contribution in [-0.2, 0) is 0 Å². The summed E-state index contributed by atoms with van der Waals surface area (Å²) >= 11 is 0. The van der Waals surface area contributed by atoms with Gasteiger partial charge in [0.05, 0.1) is 0 Å². The SMILES string of the molecule is CC(C)c1cc[c-]nc1.[U]. The molecule has 0 fully saturated rings. The van der Waals surface area contributed by atoms with Gasteiger partial charge in [-0.3, -0.25) is 0 Å². The third kappa shape index (κ3) is 2.86. The molecular formula is C8H10NU-. The fourth-order valence-corrected chi connectivity index (χ4v) is 0.673. The maximum Gasteiger partial charge on any atom is 0 e. The van der Waals surface area contributed by atoms with Gasteiger partial charge in [-0.15, -0.1) is 5.56 Å². The van der Waals surface area contributed by atoms with E-state index in [-0.39, 0.29) is 31.1 Å². The van der Waals surface area contributed by atoms with E-state index >= 15 is 0 Å². The molecule has 0 aliphatic carbocycles. The van der Waals surface area contributed by atoms with Crippen LogP contribution in [0.25, 0.3) is 0 Å². The van der Waals surface area contributed by atoms with Crippen LogP contribution in [0, 0.1) is 37.3 Å². The molecule has 0 bridgehead atoms. The van der Waals surface area contributed by atoms with E-state index in [1.807, 2.05) is 18.3 Å². The Hall–Kier alpha value is 0.202. The van der Waals surface area contributed by atoms with Crippen LogP contribution in [0.1, 0.15) is 25.3 Å². The summed E-state index contributed by atoms with van der Waals surface area (Å²) in [6, 6.07) is 3.88. The summed E-state index contributed by atoms with van der Waals surface area (Å²) in [5.74, 6) is 0.576. The van der Waals surface area contributed by atoms with Crippen LogP contribution in [0.15, 0.2) is 18.3 Å². The maximum absolute atomic E-state index is 3.88. The van der Waals surface area contributed by atoms with Crippen molar-refractivity contribution in [3.8, 4) is 0 Å². The molecule has 1 aromatic heterocycles. The van der Waals surface area contributed by atoms with Gasteiger partial charge in [0.2, 0.25) is 0 Å². The Morgan fingerprint density at radius 1 is 1.50 bits per heavy atom. The smallest absolute Gasteiger partial charge is 0 e. The Morgan fingerprint density at radius 3 is 2.50 bits per heavy atom. The van der Waals surface area contributed by atoms with E-state index in [0.717, 1.165) is 0 Å². The standard InChI is InChI=1S/C8H10N.U/c1-7(2)8-4-3-5-9-6-8;/h3-4,6-7H,1-2H3;/q-1;. The Kier molecular flexibility index (Phi) is 5.03. The number of aromatic nitrogens is 1. The molecule has 0 atom stereocenters. The van der Waals surface area contributed by atoms with Gasteiger partial charge in [0.25, 0.3) is 0 Å². The normalized spacial score (nSPS) is 9.10. The summed E-state index contributed by atoms with van der Waals surface area (Å²) < 4.78 is 0. The number of nitrogens with zero attached hydrogens (tertiary/aromatic N) is 1. The van der Waals surface area contributed by atoms with Gasteiger partial charge in [-0.05, 0) is 5.92 Å². The van der Waals surface area contributed by atoms with E-state index in [9.17, 15) is 0 Å². The van der Waals surface area contributed by atoms with E-state index in [0.29, 0.717) is 5.92 Å². The third-order valence-electron chi connectivity index (χ3n) is 1.31. The average Bonchev–Trinajstić information content (AvgIpc) is 1.90. The first-order chi connectivity index (χ1) is 4.30. The number of hydrogen-bond donors (Lipinski definition) is 0. The Balaban J connectivity index is 0.000000810. The van der Waals surface area contributed by atoms with E-state index < -0.39 is 0 Å². The molecule has 2 heteroatoms. The van der Waals surface area contributed by atoms with Gasteiger partial charge in [0.1, 0.15) is 0 Å². The number of pyridine rings is 1. The van der Waals surface area contributed by atoms with Crippen LogP contribution in [0.2, 0.25) is 0 Å². The Labute approximate surface area is 85.6 Å². The zero-order chi connectivity index (χ0) is 6.69. The van der Waals surface area contributed by atoms with Crippen LogP contribution >= 0.6 is 0 Å². The molecule has 1 rings (SSSR count). The van der Waals surface area contributed by atoms with Crippen molar-refractivity contribution in [2.45, 2.75) is 19.8 Å². The van der Waals surface area contributed by atoms with Gasteiger partial charge in [0, 0.05) is 31.1 Å². The number of rotatable bonds is 1. The summed E-state index contributed by atoms with van der Waals surface area (Å²) in [7, 11) is 0. The Bertz CT molecular complexity index is 172. The average molecular weight is 358 g/mol. The topological polar surface area (TPSA) is 12.9 Å². The largest absolute Gasteiger partial charge is 0.394 e. The summed E-state index contributed by atoms with van der Waals surface area (Å²) in [5.41, 5.74) is 1.27. The molecular weight excluding hydrogens is 348 g/mol. The molecule has 0 aromatic carbocycles. The summed E-state index contributed by atoms with van der Waals surface area (Å²) in [6.45, 7) is 4.30. The van der Waals surface area contributed by atoms with Gasteiger partial charge in [-0.1, -0.05) is 26.2 Å². The Morgan fingerprint density at radius 2 is 2.20 bits per heavy atom. The first-order valence-corrected chi connectivity index (χ1v) is 3.12. The monoisotopic (exact) mass is 358 g/mol. The molecule has 0 N–H and O–H groups in total. The molecule has 10 heavy (non-hydrogen) atoms. The van der Waals surface area contributed by atoms with Crippen LogP contribution in [-0.4, -0.2) is 4.98 Å². The van der Waals surface area contributed by atoms with E-state index in [1.54, 1.807) is 0 Å². The van der Waals surface area contributed by atoms with Crippen molar-refractivity contribution in [3.63, 3.8) is 0 Å². The molecule has 0 radical (unpaired) electrons. The molecule has 0 saturated heterocycles. The minimum absolute atomic E-state index is 0. The van der Waals surface area contributed by atoms with Crippen molar-refractivity contribution in [1.29, 1.82) is 0 Å². The first-order valence-electron chi connectivity index (χ1n) is 3.12. The molecule has 1 heterocycles. The zero-order valence-corrected chi connectivity index (χ0v) is 10.4. The van der Waals surface area contributed by atoms with Gasteiger partial charge in [-0.2, -0.15) is 12.1 Å². The molecule has 1 nitrogen and oxygen atoms in total. The van der Waals surface area contributed by atoms with E-state index in [2.05, 4.69) is 25.0 Å². The molecule has 52 valence electrons. The first kappa shape index (κ1) is 10.2. The quantitative estimate of drug-likeness (QED) is 0.700. The van der Waals surface area contributed by atoms with Gasteiger partial charge < -0.3 is 4.98 Å². The fraction of sp³-hybridized carbons (Fsp3) is 0.375. The zero-order valence-electron chi connectivity index (χ0n) is 6.26. The van der Waals surface area contributed by atoms with Crippen LogP contribution < -0.4 is 0 Å². The number of hydrogen-bond acceptors (Lipinski definition) is 1. The molecule has 0 aliphatic heterocycles. The molecule has 0 saturated carbocycles. The minimum atomic E-state index is 0. The molecule has 1 aromatic rings. The second kappa shape index (κ2) is 4.93. The van der Waals surface area contributed by atoms with E-state index in [1.165, 1.54) is 5.56 Å². The van der Waals surface area contributed by atoms with Crippen molar-refractivity contribution < 1.29 is 31.1 Å². The predicted molar refractivity (Wildman–Crippen MR) is 37.2 cm³/mol. The van der Waals surface area contributed by atoms with Gasteiger partial charge in [0.15, 0.2) is 0 Å². The van der Waals surface area contributed by atoms with Crippen LogP contribution in [0.5, 0.6) is 0 Å². The van der Waals surface area contributed by atoms with Crippen LogP contribution in [0.3, 0.4) is 0 Å². The van der Waals surface area contributed by atoms with Crippen molar-refractivity contribution >= 4 is 0 Å². The summed E-state index contributed by atoms with van der Waals surface area (Å²) in [5, 5.41) is 0. The van der Waals surface area contributed by atoms with Crippen molar-refractivity contribution in [2.75, 3.05) is 0 Å². The summed E-state index contributed by atoms with van der Waals surface area (Å²) in [4.78, 5) is 3.88. The maximum atomic E-state index is 3.88. The second-order valence-corrected chi connectivity index (χ2v) is 2.38. The van der Waals surface area contributed by atoms with Gasteiger partial charge >= 0.3 is 0 Å². The molecule has 0 aliphatic rings. The fourth-order valence-electron chi connectivity index (χ4n) is 0.673. The van der Waals surface area contributed by atoms with Crippen molar-refractivity contribution in [2.24, 2.45) is 0 Å². The van der Waals surface area contributed by atoms with E-state index in [4.69, 9.17) is 0 Å². The summed E-state index contributed by atoms with van der Waals surface area (Å²) in [6.07, 6.45) is 4.59. The van der Waals surface area contributed by atoms with Crippen molar-refractivity contribution in [3.05, 3.63) is 30.1 Å².